The van der Waals surface area contributed by atoms with Crippen molar-refractivity contribution < 1.29 is 13.2 Å². The summed E-state index contributed by atoms with van der Waals surface area (Å²) in [5.41, 5.74) is 3.22. The summed E-state index contributed by atoms with van der Waals surface area (Å²) in [5, 5.41) is 11.0. The third kappa shape index (κ3) is 8.09. The number of nitrogens with one attached hydrogen (secondary N) is 2. The minimum atomic E-state index is -4.34. The van der Waals surface area contributed by atoms with Crippen LogP contribution in [0, 0.1) is 25.7 Å². The highest BCUT2D eigenvalue weighted by atomic mass is 127. The molecule has 170 valence electrons. The van der Waals surface area contributed by atoms with E-state index in [0.717, 1.165) is 29.9 Å². The summed E-state index contributed by atoms with van der Waals surface area (Å²) < 4.78 is 39.7. The standard InChI is InChI=1S/C22H28F3N5.HI/c1-6-26-21(28-15(2)14-20-16(3)29-30(5)17(20)4)27-13-7-8-18-9-11-19(12-10-18)22(23,24)25;/h9-12,15H,6,13-14H2,1-5H3,(H2,26,27,28);1H. The number of aromatic nitrogens is 2. The SMILES string of the molecule is CCNC(=NCC#Cc1ccc(C(F)(F)F)cc1)NC(C)Cc1c(C)nn(C)c1C.I. The fourth-order valence-electron chi connectivity index (χ4n) is 3.03. The predicted molar refractivity (Wildman–Crippen MR) is 129 cm³/mol. The van der Waals surface area contributed by atoms with Crippen molar-refractivity contribution in [3.05, 3.63) is 52.3 Å². The molecule has 0 amide bonds. The van der Waals surface area contributed by atoms with Crippen LogP contribution in [0.4, 0.5) is 13.2 Å². The van der Waals surface area contributed by atoms with E-state index in [9.17, 15) is 13.2 Å². The largest absolute Gasteiger partial charge is 0.416 e. The number of aryl methyl sites for hydroxylation is 2. The Balaban J connectivity index is 0.00000480. The zero-order valence-electron chi connectivity index (χ0n) is 18.4. The highest BCUT2D eigenvalue weighted by molar-refractivity contribution is 14.0. The van der Waals surface area contributed by atoms with Gasteiger partial charge in [-0.25, -0.2) is 4.99 Å². The Kier molecular flexibility index (Phi) is 10.4. The Morgan fingerprint density at radius 3 is 2.39 bits per heavy atom. The van der Waals surface area contributed by atoms with Crippen molar-refractivity contribution in [2.24, 2.45) is 12.0 Å². The third-order valence-electron chi connectivity index (χ3n) is 4.66. The molecule has 2 rings (SSSR count). The normalized spacial score (nSPS) is 12.5. The highest BCUT2D eigenvalue weighted by Crippen LogP contribution is 2.28. The van der Waals surface area contributed by atoms with Gasteiger partial charge in [-0.05, 0) is 63.9 Å². The first kappa shape index (κ1) is 26.8. The van der Waals surface area contributed by atoms with Crippen molar-refractivity contribution in [2.45, 2.75) is 46.3 Å². The second kappa shape index (κ2) is 12.0. The Morgan fingerprint density at radius 1 is 1.23 bits per heavy atom. The van der Waals surface area contributed by atoms with Gasteiger partial charge in [-0.2, -0.15) is 18.3 Å². The van der Waals surface area contributed by atoms with Crippen LogP contribution in [0.15, 0.2) is 29.3 Å². The molecule has 0 bridgehead atoms. The zero-order valence-corrected chi connectivity index (χ0v) is 20.7. The number of benzene rings is 1. The first-order valence-electron chi connectivity index (χ1n) is 9.81. The van der Waals surface area contributed by atoms with Crippen molar-refractivity contribution in [3.63, 3.8) is 0 Å². The second-order valence-electron chi connectivity index (χ2n) is 7.09. The van der Waals surface area contributed by atoms with Gasteiger partial charge in [0.05, 0.1) is 11.3 Å². The number of aliphatic imine (C=N–C) groups is 1. The fourth-order valence-corrected chi connectivity index (χ4v) is 3.03. The van der Waals surface area contributed by atoms with E-state index in [4.69, 9.17) is 0 Å². The number of rotatable bonds is 5. The van der Waals surface area contributed by atoms with Gasteiger partial charge in [-0.3, -0.25) is 4.68 Å². The van der Waals surface area contributed by atoms with Gasteiger partial charge < -0.3 is 10.6 Å². The van der Waals surface area contributed by atoms with Crippen LogP contribution < -0.4 is 10.6 Å². The van der Waals surface area contributed by atoms with Crippen LogP contribution >= 0.6 is 24.0 Å². The predicted octanol–water partition coefficient (Wildman–Crippen LogP) is 4.21. The summed E-state index contributed by atoms with van der Waals surface area (Å²) in [6, 6.07) is 4.92. The first-order valence-corrected chi connectivity index (χ1v) is 9.81. The van der Waals surface area contributed by atoms with Crippen molar-refractivity contribution in [1.29, 1.82) is 0 Å². The molecule has 0 spiro atoms. The van der Waals surface area contributed by atoms with Crippen molar-refractivity contribution in [3.8, 4) is 11.8 Å². The molecule has 0 saturated heterocycles. The molecule has 0 aliphatic carbocycles. The summed E-state index contributed by atoms with van der Waals surface area (Å²) in [4.78, 5) is 4.44. The van der Waals surface area contributed by atoms with Crippen molar-refractivity contribution in [1.82, 2.24) is 20.4 Å². The van der Waals surface area contributed by atoms with E-state index in [0.29, 0.717) is 18.1 Å². The first-order chi connectivity index (χ1) is 14.1. The average Bonchev–Trinajstić information content (AvgIpc) is 2.91. The molecule has 2 N–H and O–H groups in total. The summed E-state index contributed by atoms with van der Waals surface area (Å²) in [5.74, 6) is 6.37. The summed E-state index contributed by atoms with van der Waals surface area (Å²) >= 11 is 0. The van der Waals surface area contributed by atoms with Gasteiger partial charge in [-0.15, -0.1) is 24.0 Å². The minimum Gasteiger partial charge on any atom is -0.357 e. The molecule has 0 fully saturated rings. The topological polar surface area (TPSA) is 54.2 Å². The molecule has 1 aromatic carbocycles. The van der Waals surface area contributed by atoms with Gasteiger partial charge in [0.1, 0.15) is 6.54 Å². The van der Waals surface area contributed by atoms with Crippen LogP contribution in [-0.2, 0) is 19.6 Å². The van der Waals surface area contributed by atoms with Gasteiger partial charge in [0.15, 0.2) is 5.96 Å². The number of alkyl halides is 3. The van der Waals surface area contributed by atoms with Crippen LogP contribution in [0.25, 0.3) is 0 Å². The van der Waals surface area contributed by atoms with Crippen LogP contribution in [0.1, 0.15) is 41.9 Å². The van der Waals surface area contributed by atoms with Crippen LogP contribution in [-0.4, -0.2) is 34.9 Å². The molecule has 0 saturated carbocycles. The molecule has 1 atom stereocenters. The Bertz CT molecular complexity index is 937. The second-order valence-corrected chi connectivity index (χ2v) is 7.09. The molecular weight excluding hydrogens is 518 g/mol. The molecule has 0 radical (unpaired) electrons. The zero-order chi connectivity index (χ0) is 22.3. The van der Waals surface area contributed by atoms with Gasteiger partial charge >= 0.3 is 6.18 Å². The third-order valence-corrected chi connectivity index (χ3v) is 4.66. The molecule has 2 aromatic rings. The quantitative estimate of drug-likeness (QED) is 0.255. The van der Waals surface area contributed by atoms with Crippen LogP contribution in [0.2, 0.25) is 0 Å². The molecule has 0 aliphatic rings. The minimum absolute atomic E-state index is 0. The lowest BCUT2D eigenvalue weighted by atomic mass is 10.1. The van der Waals surface area contributed by atoms with E-state index in [1.165, 1.54) is 17.7 Å². The summed E-state index contributed by atoms with van der Waals surface area (Å²) in [6.45, 7) is 9.05. The molecule has 31 heavy (non-hydrogen) atoms. The highest BCUT2D eigenvalue weighted by Gasteiger charge is 2.29. The maximum absolute atomic E-state index is 12.6. The monoisotopic (exact) mass is 547 g/mol. The Morgan fingerprint density at radius 2 is 1.87 bits per heavy atom. The smallest absolute Gasteiger partial charge is 0.357 e. The van der Waals surface area contributed by atoms with Gasteiger partial charge in [0.25, 0.3) is 0 Å². The number of nitrogens with zero attached hydrogens (tertiary/aromatic N) is 3. The summed E-state index contributed by atoms with van der Waals surface area (Å²) in [7, 11) is 1.94. The number of hydrogen-bond donors (Lipinski definition) is 2. The number of halogens is 4. The average molecular weight is 547 g/mol. The van der Waals surface area contributed by atoms with Gasteiger partial charge in [0, 0.05) is 30.9 Å². The van der Waals surface area contributed by atoms with E-state index >= 15 is 0 Å². The molecule has 0 aliphatic heterocycles. The molecule has 5 nitrogen and oxygen atoms in total. The maximum Gasteiger partial charge on any atom is 0.416 e. The number of guanidine groups is 1. The fraction of sp³-hybridized carbons (Fsp3) is 0.455. The van der Waals surface area contributed by atoms with Crippen molar-refractivity contribution >= 4 is 29.9 Å². The lowest BCUT2D eigenvalue weighted by molar-refractivity contribution is -0.137. The van der Waals surface area contributed by atoms with E-state index in [1.54, 1.807) is 0 Å². The van der Waals surface area contributed by atoms with Crippen molar-refractivity contribution in [2.75, 3.05) is 13.1 Å². The maximum atomic E-state index is 12.6. The van der Waals surface area contributed by atoms with Gasteiger partial charge in [0.2, 0.25) is 0 Å². The molecule has 1 aromatic heterocycles. The number of hydrogen-bond acceptors (Lipinski definition) is 2. The van der Waals surface area contributed by atoms with Gasteiger partial charge in [-0.1, -0.05) is 11.8 Å². The molecule has 1 unspecified atom stereocenters. The van der Waals surface area contributed by atoms with E-state index < -0.39 is 11.7 Å². The molecule has 1 heterocycles. The van der Waals surface area contributed by atoms with Crippen LogP contribution in [0.3, 0.4) is 0 Å². The summed E-state index contributed by atoms with van der Waals surface area (Å²) in [6.07, 6.45) is -3.53. The molecular formula is C22H29F3IN5. The van der Waals surface area contributed by atoms with E-state index in [-0.39, 0.29) is 36.6 Å². The van der Waals surface area contributed by atoms with Crippen LogP contribution in [0.5, 0.6) is 0 Å². The lowest BCUT2D eigenvalue weighted by Crippen LogP contribution is -2.43. The lowest BCUT2D eigenvalue weighted by Gasteiger charge is -2.17. The van der Waals surface area contributed by atoms with E-state index in [2.05, 4.69) is 46.4 Å². The molecule has 9 heteroatoms. The van der Waals surface area contributed by atoms with E-state index in [1.807, 2.05) is 25.6 Å². The Labute approximate surface area is 198 Å². The Hall–Kier alpha value is -2.22.